The highest BCUT2D eigenvalue weighted by Crippen LogP contribution is 2.31. The van der Waals surface area contributed by atoms with Gasteiger partial charge in [-0.3, -0.25) is 0 Å². The molecule has 1 rings (SSSR count). The minimum Gasteiger partial charge on any atom is -0.385 e. The van der Waals surface area contributed by atoms with Gasteiger partial charge < -0.3 is 5.11 Å². The van der Waals surface area contributed by atoms with Crippen molar-refractivity contribution in [2.24, 2.45) is 0 Å². The summed E-state index contributed by atoms with van der Waals surface area (Å²) in [5.74, 6) is 0. The first-order chi connectivity index (χ1) is 7.21. The van der Waals surface area contributed by atoms with Gasteiger partial charge in [-0.15, -0.1) is 0 Å². The topological polar surface area (TPSA) is 20.2 Å². The molecule has 0 aliphatic heterocycles. The molecule has 90 valence electrons. The summed E-state index contributed by atoms with van der Waals surface area (Å²) in [5, 5.41) is 9.94. The second kappa shape index (κ2) is 4.91. The van der Waals surface area contributed by atoms with Crippen molar-refractivity contribution in [2.45, 2.75) is 31.5 Å². The van der Waals surface area contributed by atoms with E-state index >= 15 is 0 Å². The van der Waals surface area contributed by atoms with Crippen molar-refractivity contribution >= 4 is 22.6 Å². The van der Waals surface area contributed by atoms with Crippen molar-refractivity contribution in [1.82, 2.24) is 0 Å². The second-order valence-electron chi connectivity index (χ2n) is 3.90. The molecule has 0 saturated carbocycles. The Balaban J connectivity index is 2.73. The van der Waals surface area contributed by atoms with Crippen LogP contribution in [0.2, 0.25) is 0 Å². The smallest absolute Gasteiger partial charge is 0.385 e. The number of rotatable bonds is 3. The predicted octanol–water partition coefficient (Wildman–Crippen LogP) is 3.84. The van der Waals surface area contributed by atoms with Gasteiger partial charge in [-0.25, -0.2) is 0 Å². The van der Waals surface area contributed by atoms with E-state index in [2.05, 4.69) is 22.6 Å². The van der Waals surface area contributed by atoms with Crippen molar-refractivity contribution in [2.75, 3.05) is 0 Å². The molecule has 0 heterocycles. The molecule has 1 aromatic rings. The first-order valence-electron chi connectivity index (χ1n) is 4.76. The largest absolute Gasteiger partial charge is 0.389 e. The third-order valence-corrected chi connectivity index (χ3v) is 3.08. The average Bonchev–Trinajstić information content (AvgIpc) is 2.15. The lowest BCUT2D eigenvalue weighted by atomic mass is 9.91. The second-order valence-corrected chi connectivity index (χ2v) is 5.14. The number of hydrogen-bond donors (Lipinski definition) is 1. The van der Waals surface area contributed by atoms with Crippen molar-refractivity contribution in [3.8, 4) is 0 Å². The molecule has 1 aromatic carbocycles. The van der Waals surface area contributed by atoms with E-state index in [0.717, 1.165) is 3.57 Å². The van der Waals surface area contributed by atoms with Crippen molar-refractivity contribution < 1.29 is 18.3 Å². The van der Waals surface area contributed by atoms with E-state index in [-0.39, 0.29) is 6.42 Å². The molecule has 16 heavy (non-hydrogen) atoms. The van der Waals surface area contributed by atoms with Crippen molar-refractivity contribution in [1.29, 1.82) is 0 Å². The lowest BCUT2D eigenvalue weighted by Gasteiger charge is -2.24. The molecule has 0 aliphatic carbocycles. The summed E-state index contributed by atoms with van der Waals surface area (Å²) in [5.41, 5.74) is -0.919. The number of aliphatic hydroxyl groups is 1. The monoisotopic (exact) mass is 344 g/mol. The molecule has 5 heteroatoms. The molecule has 1 unspecified atom stereocenters. The molecule has 0 bridgehead atoms. The molecule has 0 aromatic heterocycles. The van der Waals surface area contributed by atoms with E-state index in [0.29, 0.717) is 5.56 Å². The summed E-state index contributed by atoms with van der Waals surface area (Å²) in [6.07, 6.45) is -5.53. The Kier molecular flexibility index (Phi) is 4.23. The molecule has 0 fully saturated rings. The maximum absolute atomic E-state index is 12.1. The van der Waals surface area contributed by atoms with E-state index in [4.69, 9.17) is 0 Å². The van der Waals surface area contributed by atoms with E-state index in [9.17, 15) is 18.3 Å². The van der Waals surface area contributed by atoms with Gasteiger partial charge in [0.1, 0.15) is 0 Å². The van der Waals surface area contributed by atoms with Crippen LogP contribution in [0.3, 0.4) is 0 Å². The fourth-order valence-electron chi connectivity index (χ4n) is 1.34. The zero-order chi connectivity index (χ0) is 12.4. The normalized spacial score (nSPS) is 15.9. The van der Waals surface area contributed by atoms with Crippen LogP contribution in [-0.2, 0) is 5.60 Å². The minimum atomic E-state index is -4.23. The number of alkyl halides is 3. The predicted molar refractivity (Wildman–Crippen MR) is 64.0 cm³/mol. The van der Waals surface area contributed by atoms with E-state index in [1.807, 2.05) is 0 Å². The molecule has 1 N–H and O–H groups in total. The Morgan fingerprint density at radius 2 is 1.62 bits per heavy atom. The van der Waals surface area contributed by atoms with Gasteiger partial charge in [0, 0.05) is 9.99 Å². The van der Waals surface area contributed by atoms with Crippen LogP contribution in [0.5, 0.6) is 0 Å². The van der Waals surface area contributed by atoms with Gasteiger partial charge in [-0.1, -0.05) is 12.1 Å². The van der Waals surface area contributed by atoms with Crippen molar-refractivity contribution in [3.05, 3.63) is 33.4 Å². The van der Waals surface area contributed by atoms with Crippen LogP contribution < -0.4 is 0 Å². The molecule has 1 nitrogen and oxygen atoms in total. The fraction of sp³-hybridized carbons (Fsp3) is 0.455. The molecule has 0 amide bonds. The first kappa shape index (κ1) is 13.8. The molecule has 0 radical (unpaired) electrons. The van der Waals surface area contributed by atoms with Crippen LogP contribution in [-0.4, -0.2) is 11.3 Å². The standard InChI is InChI=1S/C11H12F3IO/c1-10(16,6-7-11(12,13)14)8-2-4-9(15)5-3-8/h2-5,16H,6-7H2,1H3. The SMILES string of the molecule is CC(O)(CCC(F)(F)F)c1ccc(I)cc1. The Bertz CT molecular complexity index is 343. The molecule has 0 saturated heterocycles. The highest BCUT2D eigenvalue weighted by atomic mass is 127. The van der Waals surface area contributed by atoms with E-state index in [1.54, 1.807) is 24.3 Å². The quantitative estimate of drug-likeness (QED) is 0.826. The summed E-state index contributed by atoms with van der Waals surface area (Å²) in [6.45, 7) is 1.40. The average molecular weight is 344 g/mol. The molecular formula is C11H12F3IO. The van der Waals surface area contributed by atoms with Gasteiger partial charge in [0.05, 0.1) is 5.60 Å². The fourth-order valence-corrected chi connectivity index (χ4v) is 1.70. The van der Waals surface area contributed by atoms with Crippen LogP contribution in [0.25, 0.3) is 0 Å². The lowest BCUT2D eigenvalue weighted by molar-refractivity contribution is -0.146. The number of halogens is 4. The Morgan fingerprint density at radius 3 is 2.06 bits per heavy atom. The van der Waals surface area contributed by atoms with Crippen molar-refractivity contribution in [3.63, 3.8) is 0 Å². The lowest BCUT2D eigenvalue weighted by Crippen LogP contribution is -2.24. The van der Waals surface area contributed by atoms with Gasteiger partial charge in [-0.05, 0) is 53.6 Å². The summed E-state index contributed by atoms with van der Waals surface area (Å²) in [7, 11) is 0. The molecule has 1 atom stereocenters. The van der Waals surface area contributed by atoms with E-state index in [1.165, 1.54) is 6.92 Å². The maximum atomic E-state index is 12.1. The summed E-state index contributed by atoms with van der Waals surface area (Å²) in [4.78, 5) is 0. The molecule has 0 spiro atoms. The Morgan fingerprint density at radius 1 is 1.12 bits per heavy atom. The minimum absolute atomic E-state index is 0.322. The van der Waals surface area contributed by atoms with Crippen LogP contribution in [0.4, 0.5) is 13.2 Å². The summed E-state index contributed by atoms with van der Waals surface area (Å²) in [6, 6.07) is 6.83. The van der Waals surface area contributed by atoms with Crippen LogP contribution in [0.1, 0.15) is 25.3 Å². The maximum Gasteiger partial charge on any atom is 0.389 e. The zero-order valence-corrected chi connectivity index (χ0v) is 10.8. The number of benzene rings is 1. The van der Waals surface area contributed by atoms with Crippen LogP contribution in [0, 0.1) is 3.57 Å². The summed E-state index contributed by atoms with van der Waals surface area (Å²) >= 11 is 2.10. The summed E-state index contributed by atoms with van der Waals surface area (Å²) < 4.78 is 37.1. The highest BCUT2D eigenvalue weighted by molar-refractivity contribution is 14.1. The Labute approximate surface area is 106 Å². The first-order valence-corrected chi connectivity index (χ1v) is 5.84. The van der Waals surface area contributed by atoms with Gasteiger partial charge in [-0.2, -0.15) is 13.2 Å². The van der Waals surface area contributed by atoms with Gasteiger partial charge >= 0.3 is 6.18 Å². The number of hydrogen-bond acceptors (Lipinski definition) is 1. The highest BCUT2D eigenvalue weighted by Gasteiger charge is 2.32. The molecular weight excluding hydrogens is 332 g/mol. The zero-order valence-electron chi connectivity index (χ0n) is 8.68. The van der Waals surface area contributed by atoms with E-state index < -0.39 is 18.2 Å². The van der Waals surface area contributed by atoms with Crippen LogP contribution >= 0.6 is 22.6 Å². The van der Waals surface area contributed by atoms with Gasteiger partial charge in [0.15, 0.2) is 0 Å². The molecule has 0 aliphatic rings. The van der Waals surface area contributed by atoms with Gasteiger partial charge in [0.25, 0.3) is 0 Å². The third-order valence-electron chi connectivity index (χ3n) is 2.36. The van der Waals surface area contributed by atoms with Crippen LogP contribution in [0.15, 0.2) is 24.3 Å². The van der Waals surface area contributed by atoms with Gasteiger partial charge in [0.2, 0.25) is 0 Å². The Hall–Kier alpha value is -0.300. The third kappa shape index (κ3) is 4.29.